The van der Waals surface area contributed by atoms with Gasteiger partial charge in [0, 0.05) is 5.39 Å². The van der Waals surface area contributed by atoms with Gasteiger partial charge >= 0.3 is 0 Å². The smallest absolute Gasteiger partial charge is 0.134 e. The van der Waals surface area contributed by atoms with Crippen molar-refractivity contribution in [1.82, 2.24) is 5.32 Å². The van der Waals surface area contributed by atoms with Crippen LogP contribution in [-0.4, -0.2) is 6.54 Å². The number of aryl methyl sites for hydroxylation is 1. The zero-order valence-electron chi connectivity index (χ0n) is 13.1. The Labute approximate surface area is 127 Å². The first-order valence-corrected chi connectivity index (χ1v) is 8.20. The lowest BCUT2D eigenvalue weighted by Crippen LogP contribution is -2.22. The molecule has 0 radical (unpaired) electrons. The lowest BCUT2D eigenvalue weighted by Gasteiger charge is -2.18. The highest BCUT2D eigenvalue weighted by molar-refractivity contribution is 5.78. The molecule has 112 valence electrons. The van der Waals surface area contributed by atoms with Crippen LogP contribution in [0.5, 0.6) is 0 Å². The number of benzene rings is 1. The zero-order chi connectivity index (χ0) is 14.7. The number of furan rings is 1. The normalized spacial score (nSPS) is 17.5. The average molecular weight is 283 g/mol. The van der Waals surface area contributed by atoms with E-state index in [2.05, 4.69) is 49.5 Å². The maximum absolute atomic E-state index is 6.13. The minimum atomic E-state index is 0.237. The van der Waals surface area contributed by atoms with E-state index < -0.39 is 0 Å². The van der Waals surface area contributed by atoms with E-state index in [4.69, 9.17) is 4.42 Å². The molecule has 1 heterocycles. The lowest BCUT2D eigenvalue weighted by molar-refractivity contribution is 0.463. The highest BCUT2D eigenvalue weighted by Crippen LogP contribution is 2.32. The fourth-order valence-electron chi connectivity index (χ4n) is 3.25. The summed E-state index contributed by atoms with van der Waals surface area (Å²) in [6.07, 6.45) is 8.79. The van der Waals surface area contributed by atoms with Gasteiger partial charge in [-0.05, 0) is 62.9 Å². The Morgan fingerprint density at radius 1 is 1.19 bits per heavy atom. The molecule has 0 saturated heterocycles. The van der Waals surface area contributed by atoms with Gasteiger partial charge in [0.1, 0.15) is 11.3 Å². The van der Waals surface area contributed by atoms with Crippen molar-refractivity contribution in [2.45, 2.75) is 52.0 Å². The second-order valence-electron chi connectivity index (χ2n) is 6.06. The molecule has 2 aromatic rings. The predicted molar refractivity (Wildman–Crippen MR) is 88.5 cm³/mol. The van der Waals surface area contributed by atoms with Crippen LogP contribution in [0.4, 0.5) is 0 Å². The maximum atomic E-state index is 6.13. The summed E-state index contributed by atoms with van der Waals surface area (Å²) in [5, 5.41) is 4.82. The van der Waals surface area contributed by atoms with Gasteiger partial charge in [-0.2, -0.15) is 0 Å². The van der Waals surface area contributed by atoms with Crippen molar-refractivity contribution in [3.05, 3.63) is 47.2 Å². The average Bonchev–Trinajstić information content (AvgIpc) is 2.70. The molecule has 0 bridgehead atoms. The summed E-state index contributed by atoms with van der Waals surface area (Å²) in [5.74, 6) is 1.06. The molecule has 21 heavy (non-hydrogen) atoms. The molecule has 0 spiro atoms. The number of nitrogens with one attached hydrogen (secondary N) is 1. The molecular weight excluding hydrogens is 258 g/mol. The summed E-state index contributed by atoms with van der Waals surface area (Å²) >= 11 is 0. The summed E-state index contributed by atoms with van der Waals surface area (Å²) in [4.78, 5) is 0. The van der Waals surface area contributed by atoms with E-state index in [0.29, 0.717) is 0 Å². The Balaban J connectivity index is 1.96. The van der Waals surface area contributed by atoms with Crippen molar-refractivity contribution in [3.63, 3.8) is 0 Å². The molecule has 1 aromatic heterocycles. The van der Waals surface area contributed by atoms with E-state index in [9.17, 15) is 0 Å². The van der Waals surface area contributed by atoms with Crippen molar-refractivity contribution >= 4 is 11.0 Å². The molecule has 2 nitrogen and oxygen atoms in total. The van der Waals surface area contributed by atoms with Gasteiger partial charge in [-0.1, -0.05) is 31.1 Å². The molecule has 0 fully saturated rings. The van der Waals surface area contributed by atoms with Crippen LogP contribution in [0.2, 0.25) is 0 Å². The van der Waals surface area contributed by atoms with Gasteiger partial charge in [-0.15, -0.1) is 0 Å². The summed E-state index contributed by atoms with van der Waals surface area (Å²) in [6, 6.07) is 8.84. The Morgan fingerprint density at radius 2 is 2.10 bits per heavy atom. The second-order valence-corrected chi connectivity index (χ2v) is 6.06. The van der Waals surface area contributed by atoms with Crippen molar-refractivity contribution in [2.75, 3.05) is 6.54 Å². The summed E-state index contributed by atoms with van der Waals surface area (Å²) in [7, 11) is 0. The Bertz CT molecular complexity index is 638. The molecule has 0 saturated carbocycles. The fraction of sp³-hybridized carbons (Fsp3) is 0.474. The third-order valence-electron chi connectivity index (χ3n) is 4.33. The van der Waals surface area contributed by atoms with Gasteiger partial charge in [0.25, 0.3) is 0 Å². The topological polar surface area (TPSA) is 25.2 Å². The summed E-state index contributed by atoms with van der Waals surface area (Å²) in [6.45, 7) is 5.25. The first kappa shape index (κ1) is 14.4. The Morgan fingerprint density at radius 3 is 2.95 bits per heavy atom. The zero-order valence-corrected chi connectivity index (χ0v) is 13.1. The number of fused-ring (bicyclic) bond motifs is 1. The number of hydrogen-bond acceptors (Lipinski definition) is 2. The molecule has 1 aromatic carbocycles. The van der Waals surface area contributed by atoms with Crippen molar-refractivity contribution in [3.8, 4) is 0 Å². The molecule has 1 atom stereocenters. The van der Waals surface area contributed by atoms with Crippen LogP contribution in [0.25, 0.3) is 11.0 Å². The van der Waals surface area contributed by atoms with Gasteiger partial charge in [-0.3, -0.25) is 0 Å². The van der Waals surface area contributed by atoms with Crippen molar-refractivity contribution < 1.29 is 4.42 Å². The van der Waals surface area contributed by atoms with E-state index >= 15 is 0 Å². The predicted octanol–water partition coefficient (Wildman–Crippen LogP) is 5.28. The molecule has 1 aliphatic carbocycles. The lowest BCUT2D eigenvalue weighted by atomic mass is 9.99. The van der Waals surface area contributed by atoms with Crippen LogP contribution in [0.15, 0.2) is 40.3 Å². The van der Waals surface area contributed by atoms with Crippen LogP contribution in [0, 0.1) is 6.92 Å². The summed E-state index contributed by atoms with van der Waals surface area (Å²) in [5.41, 5.74) is 3.78. The number of rotatable bonds is 4. The van der Waals surface area contributed by atoms with E-state index in [1.807, 2.05) is 0 Å². The van der Waals surface area contributed by atoms with E-state index in [0.717, 1.165) is 17.9 Å². The number of likely N-dealkylation sites (N-methyl/N-ethyl adjacent to an activating group) is 1. The minimum Gasteiger partial charge on any atom is -0.459 e. The molecule has 1 N–H and O–H groups in total. The quantitative estimate of drug-likeness (QED) is 0.772. The third-order valence-corrected chi connectivity index (χ3v) is 4.33. The highest BCUT2D eigenvalue weighted by atomic mass is 16.3. The minimum absolute atomic E-state index is 0.237. The van der Waals surface area contributed by atoms with E-state index in [1.54, 1.807) is 0 Å². The Hall–Kier alpha value is -1.54. The van der Waals surface area contributed by atoms with Crippen LogP contribution in [0.3, 0.4) is 0 Å². The molecule has 2 heteroatoms. The maximum Gasteiger partial charge on any atom is 0.134 e. The first-order valence-electron chi connectivity index (χ1n) is 8.20. The molecule has 3 rings (SSSR count). The van der Waals surface area contributed by atoms with Gasteiger partial charge < -0.3 is 9.73 Å². The van der Waals surface area contributed by atoms with Crippen LogP contribution >= 0.6 is 0 Å². The molecule has 1 unspecified atom stereocenters. The highest BCUT2D eigenvalue weighted by Gasteiger charge is 2.20. The van der Waals surface area contributed by atoms with Gasteiger partial charge in [0.2, 0.25) is 0 Å². The summed E-state index contributed by atoms with van der Waals surface area (Å²) < 4.78 is 6.13. The standard InChI is InChI=1S/C19H25NO/c1-3-20-19(15-8-6-4-5-7-9-15)18-13-16-12-14(2)10-11-17(16)21-18/h8,10-13,19-20H,3-7,9H2,1-2H3. The number of allylic oxidation sites excluding steroid dienone is 1. The van der Waals surface area contributed by atoms with Gasteiger partial charge in [-0.25, -0.2) is 0 Å². The monoisotopic (exact) mass is 283 g/mol. The van der Waals surface area contributed by atoms with Crippen molar-refractivity contribution in [2.24, 2.45) is 0 Å². The molecule has 0 aliphatic heterocycles. The molecular formula is C19H25NO. The van der Waals surface area contributed by atoms with Crippen LogP contribution in [0.1, 0.15) is 56.4 Å². The van der Waals surface area contributed by atoms with Crippen LogP contribution in [-0.2, 0) is 0 Å². The van der Waals surface area contributed by atoms with Crippen LogP contribution < -0.4 is 5.32 Å². The number of hydrogen-bond donors (Lipinski definition) is 1. The SMILES string of the molecule is CCNC(C1=CCCCCC1)c1cc2cc(C)ccc2o1. The van der Waals surface area contributed by atoms with E-state index in [1.165, 1.54) is 48.6 Å². The van der Waals surface area contributed by atoms with E-state index in [-0.39, 0.29) is 6.04 Å². The third kappa shape index (κ3) is 3.21. The first-order chi connectivity index (χ1) is 10.3. The molecule has 1 aliphatic rings. The van der Waals surface area contributed by atoms with Gasteiger partial charge in [0.15, 0.2) is 0 Å². The fourth-order valence-corrected chi connectivity index (χ4v) is 3.25. The largest absolute Gasteiger partial charge is 0.459 e. The Kier molecular flexibility index (Phi) is 4.45. The second kappa shape index (κ2) is 6.48. The van der Waals surface area contributed by atoms with Gasteiger partial charge in [0.05, 0.1) is 6.04 Å². The van der Waals surface area contributed by atoms with Crippen molar-refractivity contribution in [1.29, 1.82) is 0 Å². The molecule has 0 amide bonds.